The number of carbonyl (C=O) groups excluding carboxylic acids is 1. The van der Waals surface area contributed by atoms with E-state index in [9.17, 15) is 9.59 Å². The van der Waals surface area contributed by atoms with Gasteiger partial charge in [-0.05, 0) is 30.5 Å². The molecule has 1 saturated carbocycles. The van der Waals surface area contributed by atoms with Gasteiger partial charge in [-0.2, -0.15) is 0 Å². The highest BCUT2D eigenvalue weighted by Crippen LogP contribution is 2.33. The van der Waals surface area contributed by atoms with Gasteiger partial charge in [0.15, 0.2) is 0 Å². The number of fused-ring (bicyclic) bond motifs is 1. The molecule has 0 saturated heterocycles. The molecule has 1 aliphatic carbocycles. The molecule has 0 atom stereocenters. The Bertz CT molecular complexity index is 685. The monoisotopic (exact) mass is 277 g/mol. The van der Waals surface area contributed by atoms with Gasteiger partial charge in [0, 0.05) is 22.5 Å². The molecule has 1 aromatic carbocycles. The highest BCUT2D eigenvalue weighted by Gasteiger charge is 2.32. The van der Waals surface area contributed by atoms with Crippen molar-refractivity contribution in [3.8, 4) is 0 Å². The number of aromatic nitrogens is 1. The number of carboxylic acid groups (broad SMARTS) is 1. The van der Waals surface area contributed by atoms with Crippen LogP contribution in [0.1, 0.15) is 23.2 Å². The lowest BCUT2D eigenvalue weighted by Crippen LogP contribution is -2.11. The van der Waals surface area contributed by atoms with E-state index >= 15 is 0 Å². The third kappa shape index (κ3) is 2.24. The second-order valence-corrected chi connectivity index (χ2v) is 5.31. The van der Waals surface area contributed by atoms with Crippen molar-refractivity contribution in [2.45, 2.75) is 19.3 Å². The average molecular weight is 278 g/mol. The molecular formula is C14H12ClNO3. The summed E-state index contributed by atoms with van der Waals surface area (Å²) in [5.74, 6) is -0.802. The van der Waals surface area contributed by atoms with Crippen LogP contribution in [-0.2, 0) is 11.2 Å². The standard InChI is InChI=1S/C14H12ClNO3/c15-10-3-4-11-9(5-13(17)18)7-16(12(11)6-10)14(19)8-1-2-8/h3-4,6-8H,1-2,5H2,(H,17,18). The predicted octanol–water partition coefficient (Wildman–Crippen LogP) is 2.97. The SMILES string of the molecule is O=C(O)Cc1cn(C(=O)C2CC2)c2cc(Cl)ccc12. The van der Waals surface area contributed by atoms with E-state index in [1.54, 1.807) is 29.0 Å². The summed E-state index contributed by atoms with van der Waals surface area (Å²) in [7, 11) is 0. The summed E-state index contributed by atoms with van der Waals surface area (Å²) in [6, 6.07) is 5.19. The third-order valence-corrected chi connectivity index (χ3v) is 3.59. The van der Waals surface area contributed by atoms with E-state index in [4.69, 9.17) is 16.7 Å². The number of halogens is 1. The van der Waals surface area contributed by atoms with E-state index < -0.39 is 5.97 Å². The van der Waals surface area contributed by atoms with Crippen LogP contribution in [0, 0.1) is 5.92 Å². The molecule has 98 valence electrons. The number of benzene rings is 1. The molecule has 0 unspecified atom stereocenters. The average Bonchev–Trinajstić information content (AvgIpc) is 3.13. The number of carboxylic acids is 1. The van der Waals surface area contributed by atoms with Gasteiger partial charge in [-0.3, -0.25) is 14.2 Å². The second kappa shape index (κ2) is 4.38. The lowest BCUT2D eigenvalue weighted by Gasteiger charge is -2.02. The third-order valence-electron chi connectivity index (χ3n) is 3.36. The van der Waals surface area contributed by atoms with Crippen LogP contribution < -0.4 is 0 Å². The highest BCUT2D eigenvalue weighted by molar-refractivity contribution is 6.31. The molecule has 0 bridgehead atoms. The summed E-state index contributed by atoms with van der Waals surface area (Å²) in [6.45, 7) is 0. The number of carbonyl (C=O) groups is 2. The molecule has 5 heteroatoms. The molecule has 0 spiro atoms. The van der Waals surface area contributed by atoms with Crippen molar-refractivity contribution in [2.24, 2.45) is 5.92 Å². The summed E-state index contributed by atoms with van der Waals surface area (Å²) in [6.07, 6.45) is 3.36. The number of aliphatic carboxylic acids is 1. The maximum atomic E-state index is 12.2. The zero-order valence-corrected chi connectivity index (χ0v) is 10.9. The Morgan fingerprint density at radius 1 is 1.37 bits per heavy atom. The van der Waals surface area contributed by atoms with Crippen LogP contribution in [0.25, 0.3) is 10.9 Å². The van der Waals surface area contributed by atoms with Crippen molar-refractivity contribution < 1.29 is 14.7 Å². The van der Waals surface area contributed by atoms with E-state index in [0.717, 1.165) is 18.2 Å². The number of nitrogens with zero attached hydrogens (tertiary/aromatic N) is 1. The largest absolute Gasteiger partial charge is 0.481 e. The van der Waals surface area contributed by atoms with E-state index in [0.29, 0.717) is 16.1 Å². The molecule has 0 radical (unpaired) electrons. The fourth-order valence-electron chi connectivity index (χ4n) is 2.28. The lowest BCUT2D eigenvalue weighted by molar-refractivity contribution is -0.136. The van der Waals surface area contributed by atoms with Crippen LogP contribution in [0.5, 0.6) is 0 Å². The first-order valence-corrected chi connectivity index (χ1v) is 6.49. The van der Waals surface area contributed by atoms with Gasteiger partial charge in [0.2, 0.25) is 5.91 Å². The van der Waals surface area contributed by atoms with Crippen molar-refractivity contribution >= 4 is 34.4 Å². The molecule has 1 aliphatic rings. The van der Waals surface area contributed by atoms with Gasteiger partial charge < -0.3 is 5.11 Å². The summed E-state index contributed by atoms with van der Waals surface area (Å²) in [5.41, 5.74) is 1.34. The second-order valence-electron chi connectivity index (χ2n) is 4.87. The Labute approximate surface area is 114 Å². The van der Waals surface area contributed by atoms with Crippen LogP contribution in [0.4, 0.5) is 0 Å². The van der Waals surface area contributed by atoms with E-state index in [2.05, 4.69) is 0 Å². The zero-order chi connectivity index (χ0) is 13.6. The molecule has 2 aromatic rings. The van der Waals surface area contributed by atoms with Crippen molar-refractivity contribution in [1.29, 1.82) is 0 Å². The number of hydrogen-bond donors (Lipinski definition) is 1. The van der Waals surface area contributed by atoms with Crippen molar-refractivity contribution in [2.75, 3.05) is 0 Å². The molecule has 0 amide bonds. The van der Waals surface area contributed by atoms with Gasteiger partial charge >= 0.3 is 5.97 Å². The Morgan fingerprint density at radius 3 is 2.74 bits per heavy atom. The minimum atomic E-state index is -0.909. The molecule has 1 aromatic heterocycles. The van der Waals surface area contributed by atoms with Crippen LogP contribution in [0.2, 0.25) is 5.02 Å². The van der Waals surface area contributed by atoms with Gasteiger partial charge in [-0.25, -0.2) is 0 Å². The summed E-state index contributed by atoms with van der Waals surface area (Å²) < 4.78 is 1.55. The molecule has 4 nitrogen and oxygen atoms in total. The Morgan fingerprint density at radius 2 is 2.11 bits per heavy atom. The van der Waals surface area contributed by atoms with Gasteiger partial charge in [0.1, 0.15) is 0 Å². The highest BCUT2D eigenvalue weighted by atomic mass is 35.5. The van der Waals surface area contributed by atoms with Crippen LogP contribution >= 0.6 is 11.6 Å². The summed E-state index contributed by atoms with van der Waals surface area (Å²) in [5, 5.41) is 10.2. The van der Waals surface area contributed by atoms with Gasteiger partial charge in [0.05, 0.1) is 11.9 Å². The fourth-order valence-corrected chi connectivity index (χ4v) is 2.45. The Balaban J connectivity index is 2.16. The number of hydrogen-bond acceptors (Lipinski definition) is 2. The molecule has 1 N–H and O–H groups in total. The van der Waals surface area contributed by atoms with Crippen LogP contribution in [0.3, 0.4) is 0 Å². The predicted molar refractivity (Wildman–Crippen MR) is 71.6 cm³/mol. The van der Waals surface area contributed by atoms with Crippen molar-refractivity contribution in [3.05, 3.63) is 35.0 Å². The quantitative estimate of drug-likeness (QED) is 0.938. The Kier molecular flexibility index (Phi) is 2.82. The molecule has 0 aliphatic heterocycles. The van der Waals surface area contributed by atoms with Crippen LogP contribution in [-0.4, -0.2) is 21.6 Å². The molecule has 3 rings (SSSR count). The first-order chi connectivity index (χ1) is 9.06. The maximum Gasteiger partial charge on any atom is 0.307 e. The maximum absolute atomic E-state index is 12.2. The zero-order valence-electron chi connectivity index (χ0n) is 10.1. The Hall–Kier alpha value is -1.81. The summed E-state index contributed by atoms with van der Waals surface area (Å²) in [4.78, 5) is 23.1. The first-order valence-electron chi connectivity index (χ1n) is 6.12. The van der Waals surface area contributed by atoms with Gasteiger partial charge in [-0.15, -0.1) is 0 Å². The molecular weight excluding hydrogens is 266 g/mol. The fraction of sp³-hybridized carbons (Fsp3) is 0.286. The molecule has 1 heterocycles. The van der Waals surface area contributed by atoms with Gasteiger partial charge in [0.25, 0.3) is 0 Å². The van der Waals surface area contributed by atoms with Crippen molar-refractivity contribution in [1.82, 2.24) is 4.57 Å². The molecule has 19 heavy (non-hydrogen) atoms. The summed E-state index contributed by atoms with van der Waals surface area (Å²) >= 11 is 5.96. The normalized spacial score (nSPS) is 14.8. The lowest BCUT2D eigenvalue weighted by atomic mass is 10.1. The van der Waals surface area contributed by atoms with E-state index in [1.807, 2.05) is 0 Å². The smallest absolute Gasteiger partial charge is 0.307 e. The van der Waals surface area contributed by atoms with Crippen molar-refractivity contribution in [3.63, 3.8) is 0 Å². The van der Waals surface area contributed by atoms with E-state index in [-0.39, 0.29) is 18.2 Å². The topological polar surface area (TPSA) is 59.3 Å². The minimum Gasteiger partial charge on any atom is -0.481 e. The number of rotatable bonds is 3. The van der Waals surface area contributed by atoms with E-state index in [1.165, 1.54) is 0 Å². The first kappa shape index (κ1) is 12.2. The van der Waals surface area contributed by atoms with Gasteiger partial charge in [-0.1, -0.05) is 17.7 Å². The van der Waals surface area contributed by atoms with Crippen LogP contribution in [0.15, 0.2) is 24.4 Å². The molecule has 1 fully saturated rings. The minimum absolute atomic E-state index is 0.0314.